The molecule has 0 aromatic carbocycles. The highest BCUT2D eigenvalue weighted by atomic mass is 16.5. The van der Waals surface area contributed by atoms with Gasteiger partial charge in [-0.05, 0) is 58.4 Å². The molecule has 1 N–H and O–H groups in total. The van der Waals surface area contributed by atoms with E-state index in [1.54, 1.807) is 0 Å². The van der Waals surface area contributed by atoms with Crippen LogP contribution in [0, 0.1) is 0 Å². The maximum atomic E-state index is 11.8. The van der Waals surface area contributed by atoms with E-state index in [9.17, 15) is 4.79 Å². The van der Waals surface area contributed by atoms with Crippen LogP contribution in [0.1, 0.15) is 65.7 Å². The van der Waals surface area contributed by atoms with Crippen molar-refractivity contribution in [2.24, 2.45) is 0 Å². The SMILES string of the molecule is CCC=CCC=CCC=CCC=CCC=CCC=CCC(NCC)C(=O)OCC. The minimum atomic E-state index is -0.246. The Morgan fingerprint density at radius 3 is 1.48 bits per heavy atom. The summed E-state index contributed by atoms with van der Waals surface area (Å²) in [6.45, 7) is 7.15. The Kier molecular flexibility index (Phi) is 20.5. The predicted molar refractivity (Wildman–Crippen MR) is 127 cm³/mol. The van der Waals surface area contributed by atoms with Gasteiger partial charge in [-0.15, -0.1) is 0 Å². The van der Waals surface area contributed by atoms with Gasteiger partial charge in [0.05, 0.1) is 6.61 Å². The Bertz CT molecular complexity index is 553. The molecule has 162 valence electrons. The van der Waals surface area contributed by atoms with E-state index in [1.165, 1.54) is 0 Å². The lowest BCUT2D eigenvalue weighted by Gasteiger charge is -2.13. The van der Waals surface area contributed by atoms with Crippen LogP contribution < -0.4 is 5.32 Å². The summed E-state index contributed by atoms with van der Waals surface area (Å²) < 4.78 is 5.08. The van der Waals surface area contributed by atoms with Crippen molar-refractivity contribution in [1.82, 2.24) is 5.32 Å². The molecule has 1 atom stereocenters. The standard InChI is InChI=1S/C26H41NO2/c1-4-7-8-9-10-11-12-13-14-15-16-17-18-19-20-21-22-23-24-25(27-5-2)26(28)29-6-3/h7-8,10-11,13-14,16-17,19-20,22-23,25,27H,4-6,9,12,15,18,21,24H2,1-3H3. The second-order valence-electron chi connectivity index (χ2n) is 6.51. The summed E-state index contributed by atoms with van der Waals surface area (Å²) in [5.41, 5.74) is 0. The number of carbonyl (C=O) groups excluding carboxylic acids is 1. The molecule has 1 unspecified atom stereocenters. The normalized spacial score (nSPS) is 13.9. The van der Waals surface area contributed by atoms with E-state index >= 15 is 0 Å². The number of ether oxygens (including phenoxy) is 1. The number of rotatable bonds is 17. The lowest BCUT2D eigenvalue weighted by molar-refractivity contribution is -0.145. The second kappa shape index (κ2) is 22.2. The van der Waals surface area contributed by atoms with E-state index in [4.69, 9.17) is 4.74 Å². The van der Waals surface area contributed by atoms with Gasteiger partial charge in [-0.25, -0.2) is 0 Å². The van der Waals surface area contributed by atoms with Gasteiger partial charge in [0.1, 0.15) is 6.04 Å². The zero-order valence-electron chi connectivity index (χ0n) is 18.7. The number of hydrogen-bond donors (Lipinski definition) is 1. The second-order valence-corrected chi connectivity index (χ2v) is 6.51. The van der Waals surface area contributed by atoms with Gasteiger partial charge in [0.25, 0.3) is 0 Å². The van der Waals surface area contributed by atoms with Crippen molar-refractivity contribution in [2.75, 3.05) is 13.2 Å². The Labute approximate surface area is 179 Å². The highest BCUT2D eigenvalue weighted by Gasteiger charge is 2.16. The number of nitrogens with one attached hydrogen (secondary N) is 1. The quantitative estimate of drug-likeness (QED) is 0.221. The molecule has 0 heterocycles. The van der Waals surface area contributed by atoms with E-state index < -0.39 is 0 Å². The van der Waals surface area contributed by atoms with Crippen molar-refractivity contribution in [3.8, 4) is 0 Å². The summed E-state index contributed by atoms with van der Waals surface area (Å²) >= 11 is 0. The summed E-state index contributed by atoms with van der Waals surface area (Å²) in [6, 6.07) is -0.246. The molecule has 0 radical (unpaired) electrons. The first-order valence-corrected chi connectivity index (χ1v) is 11.1. The van der Waals surface area contributed by atoms with Gasteiger partial charge < -0.3 is 10.1 Å². The number of esters is 1. The van der Waals surface area contributed by atoms with Crippen LogP contribution in [0.4, 0.5) is 0 Å². The summed E-state index contributed by atoms with van der Waals surface area (Å²) in [5.74, 6) is -0.172. The molecule has 0 saturated carbocycles. The first kappa shape index (κ1) is 26.9. The fourth-order valence-corrected chi connectivity index (χ4v) is 2.51. The first-order chi connectivity index (χ1) is 14.3. The average molecular weight is 400 g/mol. The van der Waals surface area contributed by atoms with Gasteiger partial charge in [0, 0.05) is 0 Å². The smallest absolute Gasteiger partial charge is 0.323 e. The van der Waals surface area contributed by atoms with Gasteiger partial charge in [-0.2, -0.15) is 0 Å². The molecule has 0 aromatic rings. The monoisotopic (exact) mass is 399 g/mol. The molecular formula is C26H41NO2. The van der Waals surface area contributed by atoms with E-state index in [2.05, 4.69) is 79.1 Å². The van der Waals surface area contributed by atoms with E-state index in [0.717, 1.165) is 45.1 Å². The van der Waals surface area contributed by atoms with Gasteiger partial charge in [0.15, 0.2) is 0 Å². The Hall–Kier alpha value is -2.13. The van der Waals surface area contributed by atoms with Crippen molar-refractivity contribution in [2.45, 2.75) is 71.8 Å². The Balaban J connectivity index is 3.81. The van der Waals surface area contributed by atoms with Crippen molar-refractivity contribution in [1.29, 1.82) is 0 Å². The number of likely N-dealkylation sites (N-methyl/N-ethyl adjacent to an activating group) is 1. The Morgan fingerprint density at radius 2 is 1.10 bits per heavy atom. The summed E-state index contributed by atoms with van der Waals surface area (Å²) in [7, 11) is 0. The predicted octanol–water partition coefficient (Wildman–Crippen LogP) is 6.62. The zero-order valence-corrected chi connectivity index (χ0v) is 18.7. The first-order valence-electron chi connectivity index (χ1n) is 11.1. The molecule has 0 spiro atoms. The summed E-state index contributed by atoms with van der Waals surface area (Å²) in [4.78, 5) is 11.8. The minimum Gasteiger partial charge on any atom is -0.465 e. The van der Waals surface area contributed by atoms with Crippen LogP contribution >= 0.6 is 0 Å². The van der Waals surface area contributed by atoms with Gasteiger partial charge in [-0.1, -0.05) is 86.8 Å². The van der Waals surface area contributed by atoms with Gasteiger partial charge >= 0.3 is 5.97 Å². The van der Waals surface area contributed by atoms with Crippen LogP contribution in [0.5, 0.6) is 0 Å². The van der Waals surface area contributed by atoms with Crippen LogP contribution in [0.15, 0.2) is 72.9 Å². The summed E-state index contributed by atoms with van der Waals surface area (Å²) in [6.07, 6.45) is 32.7. The number of carbonyl (C=O) groups is 1. The van der Waals surface area contributed by atoms with Crippen LogP contribution in [-0.2, 0) is 9.53 Å². The van der Waals surface area contributed by atoms with Crippen LogP contribution in [-0.4, -0.2) is 25.2 Å². The van der Waals surface area contributed by atoms with Gasteiger partial charge in [-0.3, -0.25) is 4.79 Å². The third-order valence-electron chi connectivity index (χ3n) is 3.99. The number of allylic oxidation sites excluding steroid dienone is 11. The van der Waals surface area contributed by atoms with Gasteiger partial charge in [0.2, 0.25) is 0 Å². The average Bonchev–Trinajstić information content (AvgIpc) is 2.72. The molecule has 0 saturated heterocycles. The highest BCUT2D eigenvalue weighted by molar-refractivity contribution is 5.75. The van der Waals surface area contributed by atoms with Crippen molar-refractivity contribution in [3.05, 3.63) is 72.9 Å². The summed E-state index contributed by atoms with van der Waals surface area (Å²) in [5, 5.41) is 3.16. The maximum absolute atomic E-state index is 11.8. The van der Waals surface area contributed by atoms with Crippen molar-refractivity contribution < 1.29 is 9.53 Å². The molecule has 0 aliphatic carbocycles. The highest BCUT2D eigenvalue weighted by Crippen LogP contribution is 2.00. The van der Waals surface area contributed by atoms with Crippen molar-refractivity contribution >= 4 is 5.97 Å². The topological polar surface area (TPSA) is 38.3 Å². The molecule has 0 fully saturated rings. The molecule has 0 aliphatic heterocycles. The van der Waals surface area contributed by atoms with Crippen molar-refractivity contribution in [3.63, 3.8) is 0 Å². The molecule has 0 aromatic heterocycles. The maximum Gasteiger partial charge on any atom is 0.323 e. The van der Waals surface area contributed by atoms with E-state index in [-0.39, 0.29) is 12.0 Å². The third kappa shape index (κ3) is 19.0. The fourth-order valence-electron chi connectivity index (χ4n) is 2.51. The lowest BCUT2D eigenvalue weighted by Crippen LogP contribution is -2.37. The molecule has 0 bridgehead atoms. The van der Waals surface area contributed by atoms with Crippen LogP contribution in [0.3, 0.4) is 0 Å². The Morgan fingerprint density at radius 1 is 0.690 bits per heavy atom. The lowest BCUT2D eigenvalue weighted by atomic mass is 10.2. The zero-order chi connectivity index (χ0) is 21.4. The molecule has 3 heteroatoms. The molecule has 0 aliphatic rings. The van der Waals surface area contributed by atoms with E-state index in [1.807, 2.05) is 19.9 Å². The van der Waals surface area contributed by atoms with Crippen LogP contribution in [0.2, 0.25) is 0 Å². The largest absolute Gasteiger partial charge is 0.465 e. The minimum absolute atomic E-state index is 0.172. The molecule has 0 amide bonds. The third-order valence-corrected chi connectivity index (χ3v) is 3.99. The molecule has 3 nitrogen and oxygen atoms in total. The van der Waals surface area contributed by atoms with Crippen LogP contribution in [0.25, 0.3) is 0 Å². The fraction of sp³-hybridized carbons (Fsp3) is 0.500. The number of hydrogen-bond acceptors (Lipinski definition) is 3. The van der Waals surface area contributed by atoms with E-state index in [0.29, 0.717) is 13.0 Å². The molecule has 0 rings (SSSR count). The molecule has 29 heavy (non-hydrogen) atoms. The molecular weight excluding hydrogens is 358 g/mol.